The minimum absolute atomic E-state index is 0.0843. The van der Waals surface area contributed by atoms with E-state index in [1.54, 1.807) is 6.21 Å². The predicted octanol–water partition coefficient (Wildman–Crippen LogP) is -0.127. The lowest BCUT2D eigenvalue weighted by molar-refractivity contribution is -0.920. The third kappa shape index (κ3) is 4.32. The van der Waals surface area contributed by atoms with Crippen LogP contribution in [0.5, 0.6) is 0 Å². The van der Waals surface area contributed by atoms with Gasteiger partial charge in [0.25, 0.3) is 5.91 Å². The first-order valence-electron chi connectivity index (χ1n) is 9.35. The molecule has 12 heteroatoms. The summed E-state index contributed by atoms with van der Waals surface area (Å²) < 4.78 is 6.12. The molecule has 0 radical (unpaired) electrons. The molecule has 29 heavy (non-hydrogen) atoms. The normalized spacial score (nSPS) is 19.6. The van der Waals surface area contributed by atoms with Gasteiger partial charge < -0.3 is 10.6 Å². The van der Waals surface area contributed by atoms with Gasteiger partial charge in [0.15, 0.2) is 5.69 Å². The van der Waals surface area contributed by atoms with E-state index < -0.39 is 5.91 Å². The number of rotatable bonds is 6. The van der Waals surface area contributed by atoms with E-state index in [9.17, 15) is 4.79 Å². The van der Waals surface area contributed by atoms with Crippen LogP contribution in [-0.4, -0.2) is 50.5 Å². The Morgan fingerprint density at radius 3 is 3.00 bits per heavy atom. The fourth-order valence-electron chi connectivity index (χ4n) is 3.30. The average molecular weight is 416 g/mol. The molecule has 3 aromatic heterocycles. The molecule has 3 aromatic rings. The molecule has 0 aromatic carbocycles. The lowest BCUT2D eigenvalue weighted by Crippen LogP contribution is -3.11. The molecule has 0 atom stereocenters. The predicted molar refractivity (Wildman–Crippen MR) is 106 cm³/mol. The summed E-state index contributed by atoms with van der Waals surface area (Å²) in [5.41, 5.74) is 9.12. The van der Waals surface area contributed by atoms with Crippen molar-refractivity contribution in [2.45, 2.75) is 26.3 Å². The number of quaternary nitrogens is 1. The Bertz CT molecular complexity index is 987. The summed E-state index contributed by atoms with van der Waals surface area (Å²) in [7, 11) is 0. The van der Waals surface area contributed by atoms with Crippen LogP contribution in [0.2, 0.25) is 0 Å². The van der Waals surface area contributed by atoms with Crippen LogP contribution in [0.4, 0.5) is 5.82 Å². The Balaban J connectivity index is 1.58. The maximum atomic E-state index is 12.7. The smallest absolute Gasteiger partial charge is 0.294 e. The SMILES string of the molecule is CC1CC[NH+](Cc2c(C(=O)N/N=C\c3cccs3)nnn2-c2nonc2N)CC1. The number of nitrogens with two attached hydrogens (primary N) is 1. The highest BCUT2D eigenvalue weighted by atomic mass is 32.1. The van der Waals surface area contributed by atoms with Gasteiger partial charge in [-0.3, -0.25) is 4.79 Å². The van der Waals surface area contributed by atoms with Crippen molar-refractivity contribution >= 4 is 29.3 Å². The number of hydrogen-bond acceptors (Lipinski definition) is 9. The molecule has 0 unspecified atom stereocenters. The summed E-state index contributed by atoms with van der Waals surface area (Å²) in [6.07, 6.45) is 3.86. The van der Waals surface area contributed by atoms with Gasteiger partial charge in [-0.1, -0.05) is 18.2 Å². The van der Waals surface area contributed by atoms with Crippen molar-refractivity contribution in [2.24, 2.45) is 11.0 Å². The molecule has 11 nitrogen and oxygen atoms in total. The second kappa shape index (κ2) is 8.49. The summed E-state index contributed by atoms with van der Waals surface area (Å²) in [4.78, 5) is 15.0. The van der Waals surface area contributed by atoms with Gasteiger partial charge in [-0.25, -0.2) is 10.1 Å². The molecule has 1 fully saturated rings. The van der Waals surface area contributed by atoms with E-state index in [1.807, 2.05) is 17.5 Å². The Morgan fingerprint density at radius 1 is 1.48 bits per heavy atom. The van der Waals surface area contributed by atoms with Crippen molar-refractivity contribution in [3.63, 3.8) is 0 Å². The quantitative estimate of drug-likeness (QED) is 0.375. The Hall–Kier alpha value is -3.12. The van der Waals surface area contributed by atoms with Crippen LogP contribution in [0.1, 0.15) is 40.8 Å². The van der Waals surface area contributed by atoms with E-state index in [1.165, 1.54) is 20.9 Å². The molecule has 0 saturated carbocycles. The minimum atomic E-state index is -0.446. The number of thiophene rings is 1. The lowest BCUT2D eigenvalue weighted by atomic mass is 9.99. The van der Waals surface area contributed by atoms with Gasteiger partial charge in [0.2, 0.25) is 11.6 Å². The molecule has 4 heterocycles. The van der Waals surface area contributed by atoms with Gasteiger partial charge in [0.1, 0.15) is 12.2 Å². The van der Waals surface area contributed by atoms with Crippen LogP contribution in [0.15, 0.2) is 27.2 Å². The number of aromatic nitrogens is 5. The van der Waals surface area contributed by atoms with Gasteiger partial charge in [0, 0.05) is 4.88 Å². The number of amides is 1. The number of anilines is 1. The Labute approximate surface area is 170 Å². The zero-order chi connectivity index (χ0) is 20.2. The molecule has 1 aliphatic rings. The molecule has 0 bridgehead atoms. The average Bonchev–Trinajstić information content (AvgIpc) is 3.45. The largest absolute Gasteiger partial charge is 0.378 e. The third-order valence-electron chi connectivity index (χ3n) is 4.97. The van der Waals surface area contributed by atoms with Crippen molar-refractivity contribution < 1.29 is 14.3 Å². The van der Waals surface area contributed by atoms with Gasteiger partial charge in [-0.15, -0.1) is 16.4 Å². The zero-order valence-electron chi connectivity index (χ0n) is 15.9. The molecular formula is C17H22N9O2S+. The number of piperidine rings is 1. The molecule has 152 valence electrons. The van der Waals surface area contributed by atoms with Crippen molar-refractivity contribution in [1.82, 2.24) is 30.7 Å². The number of nitrogens with zero attached hydrogens (tertiary/aromatic N) is 6. The number of hydrazone groups is 1. The molecule has 4 N–H and O–H groups in total. The number of nitrogens with one attached hydrogen (secondary N) is 2. The van der Waals surface area contributed by atoms with Gasteiger partial charge in [-0.2, -0.15) is 9.78 Å². The van der Waals surface area contributed by atoms with E-state index in [-0.39, 0.29) is 17.3 Å². The molecule has 1 saturated heterocycles. The zero-order valence-corrected chi connectivity index (χ0v) is 16.7. The Morgan fingerprint density at radius 2 is 2.31 bits per heavy atom. The first-order chi connectivity index (χ1) is 14.1. The summed E-state index contributed by atoms with van der Waals surface area (Å²) in [6.45, 7) is 4.84. The fraction of sp³-hybridized carbons (Fsp3) is 0.412. The summed E-state index contributed by atoms with van der Waals surface area (Å²) in [5, 5.41) is 21.5. The van der Waals surface area contributed by atoms with E-state index in [0.717, 1.165) is 30.8 Å². The monoisotopic (exact) mass is 416 g/mol. The van der Waals surface area contributed by atoms with Gasteiger partial charge >= 0.3 is 0 Å². The van der Waals surface area contributed by atoms with Crippen molar-refractivity contribution in [3.8, 4) is 5.82 Å². The van der Waals surface area contributed by atoms with E-state index in [0.29, 0.717) is 18.2 Å². The van der Waals surface area contributed by atoms with Crippen LogP contribution in [0.25, 0.3) is 5.82 Å². The molecule has 4 rings (SSSR count). The van der Waals surface area contributed by atoms with Gasteiger partial charge in [-0.05, 0) is 40.5 Å². The third-order valence-corrected chi connectivity index (χ3v) is 5.78. The van der Waals surface area contributed by atoms with Crippen LogP contribution in [-0.2, 0) is 6.54 Å². The van der Waals surface area contributed by atoms with Crippen molar-refractivity contribution in [2.75, 3.05) is 18.8 Å². The number of carbonyl (C=O) groups is 1. The van der Waals surface area contributed by atoms with Crippen LogP contribution in [0.3, 0.4) is 0 Å². The molecule has 1 amide bonds. The van der Waals surface area contributed by atoms with Crippen LogP contribution < -0.4 is 16.1 Å². The Kier molecular flexibility index (Phi) is 5.62. The van der Waals surface area contributed by atoms with Gasteiger partial charge in [0.05, 0.1) is 19.3 Å². The van der Waals surface area contributed by atoms with Crippen molar-refractivity contribution in [3.05, 3.63) is 33.8 Å². The van der Waals surface area contributed by atoms with E-state index >= 15 is 0 Å². The number of likely N-dealkylation sites (tertiary alicyclic amines) is 1. The number of nitrogen functional groups attached to an aromatic ring is 1. The maximum Gasteiger partial charge on any atom is 0.294 e. The number of hydrogen-bond donors (Lipinski definition) is 3. The highest BCUT2D eigenvalue weighted by molar-refractivity contribution is 7.11. The summed E-state index contributed by atoms with van der Waals surface area (Å²) in [6, 6.07) is 3.82. The molecular weight excluding hydrogens is 394 g/mol. The lowest BCUT2D eigenvalue weighted by Gasteiger charge is -2.27. The second-order valence-electron chi connectivity index (χ2n) is 7.09. The van der Waals surface area contributed by atoms with Crippen LogP contribution in [0, 0.1) is 5.92 Å². The fourth-order valence-corrected chi connectivity index (χ4v) is 3.89. The van der Waals surface area contributed by atoms with E-state index in [4.69, 9.17) is 10.4 Å². The standard InChI is InChI=1S/C17H21N9O2S/c1-11-4-6-25(7-5-11)10-13-14(17(27)21-19-9-12-3-2-8-29-12)20-24-26(13)16-15(18)22-28-23-16/h2-3,8-9,11H,4-7,10H2,1H3,(H2,18,22)(H,21,27)/p+1/b19-9-. The first-order valence-corrected chi connectivity index (χ1v) is 10.2. The van der Waals surface area contributed by atoms with Crippen molar-refractivity contribution in [1.29, 1.82) is 0 Å². The second-order valence-corrected chi connectivity index (χ2v) is 8.07. The molecule has 0 spiro atoms. The summed E-state index contributed by atoms with van der Waals surface area (Å²) >= 11 is 1.53. The highest BCUT2D eigenvalue weighted by Gasteiger charge is 2.28. The number of carbonyl (C=O) groups excluding carboxylic acids is 1. The molecule has 0 aliphatic carbocycles. The highest BCUT2D eigenvalue weighted by Crippen LogP contribution is 2.16. The molecule has 1 aliphatic heterocycles. The minimum Gasteiger partial charge on any atom is -0.378 e. The van der Waals surface area contributed by atoms with Crippen LogP contribution >= 0.6 is 11.3 Å². The first kappa shape index (κ1) is 19.2. The summed E-state index contributed by atoms with van der Waals surface area (Å²) in [5.74, 6) is 0.574. The maximum absolute atomic E-state index is 12.7. The topological polar surface area (TPSA) is 142 Å². The van der Waals surface area contributed by atoms with E-state index in [2.05, 4.69) is 38.1 Å².